The van der Waals surface area contributed by atoms with Gasteiger partial charge in [-0.1, -0.05) is 37.3 Å². The van der Waals surface area contributed by atoms with Crippen molar-refractivity contribution in [2.24, 2.45) is 0 Å². The highest BCUT2D eigenvalue weighted by Gasteiger charge is 2.23. The number of para-hydroxylation sites is 1. The number of thiazole rings is 1. The standard InChI is InChI=1S/C29H28N8O2S/c1-4-21(26-34-22-12-8-9-17(2)24(22)27(39)37(26)19-10-6-5-7-11-19)33-25-20(18(3)32-28(30)36-25)13-14-23(38)35-29-31-15-16-40-29/h5-16,21H,4H2,1-3H3,(H,31,35,38)(H3,30,32,33,36)/b14-13+. The lowest BCUT2D eigenvalue weighted by Gasteiger charge is -2.23. The Bertz CT molecular complexity index is 1770. The lowest BCUT2D eigenvalue weighted by molar-refractivity contribution is -0.111. The van der Waals surface area contributed by atoms with Gasteiger partial charge in [0, 0.05) is 23.2 Å². The zero-order valence-corrected chi connectivity index (χ0v) is 23.1. The van der Waals surface area contributed by atoms with Crippen molar-refractivity contribution in [3.8, 4) is 5.69 Å². The normalized spacial score (nSPS) is 12.1. The van der Waals surface area contributed by atoms with Crippen molar-refractivity contribution in [3.05, 3.63) is 99.2 Å². The number of anilines is 3. The molecule has 0 fully saturated rings. The van der Waals surface area contributed by atoms with Crippen LogP contribution in [0.1, 0.15) is 42.0 Å². The molecule has 202 valence electrons. The van der Waals surface area contributed by atoms with E-state index in [-0.39, 0.29) is 17.4 Å². The SMILES string of the molecule is CCC(Nc1nc(N)nc(C)c1/C=C/C(=O)Nc1nccs1)c1nc2cccc(C)c2c(=O)n1-c1ccccc1. The zero-order valence-electron chi connectivity index (χ0n) is 22.3. The number of benzene rings is 2. The summed E-state index contributed by atoms with van der Waals surface area (Å²) in [4.78, 5) is 44.2. The number of amides is 1. The molecule has 2 aromatic carbocycles. The third-order valence-electron chi connectivity index (χ3n) is 6.39. The Kier molecular flexibility index (Phi) is 7.65. The molecule has 0 radical (unpaired) electrons. The largest absolute Gasteiger partial charge is 0.368 e. The summed E-state index contributed by atoms with van der Waals surface area (Å²) in [6.07, 6.45) is 5.22. The maximum atomic E-state index is 13.9. The molecule has 4 N–H and O–H groups in total. The van der Waals surface area contributed by atoms with Crippen LogP contribution in [0.4, 0.5) is 16.9 Å². The van der Waals surface area contributed by atoms with Crippen LogP contribution in [-0.4, -0.2) is 30.4 Å². The van der Waals surface area contributed by atoms with E-state index in [1.165, 1.54) is 17.4 Å². The maximum absolute atomic E-state index is 13.9. The molecule has 11 heteroatoms. The number of carbonyl (C=O) groups is 1. The van der Waals surface area contributed by atoms with Crippen LogP contribution in [0.2, 0.25) is 0 Å². The Morgan fingerprint density at radius 1 is 1.10 bits per heavy atom. The first kappa shape index (κ1) is 26.7. The summed E-state index contributed by atoms with van der Waals surface area (Å²) in [5, 5.41) is 9.01. The smallest absolute Gasteiger partial charge is 0.266 e. The molecule has 3 heterocycles. The van der Waals surface area contributed by atoms with Crippen LogP contribution in [-0.2, 0) is 4.79 Å². The number of fused-ring (bicyclic) bond motifs is 1. The molecule has 0 bridgehead atoms. The van der Waals surface area contributed by atoms with Gasteiger partial charge in [-0.15, -0.1) is 11.3 Å². The quantitative estimate of drug-likeness (QED) is 0.227. The maximum Gasteiger partial charge on any atom is 0.266 e. The van der Waals surface area contributed by atoms with Crippen molar-refractivity contribution >= 4 is 51.1 Å². The van der Waals surface area contributed by atoms with E-state index in [0.29, 0.717) is 51.0 Å². The van der Waals surface area contributed by atoms with E-state index in [0.717, 1.165) is 5.56 Å². The van der Waals surface area contributed by atoms with Gasteiger partial charge in [-0.05, 0) is 50.1 Å². The molecule has 1 amide bonds. The summed E-state index contributed by atoms with van der Waals surface area (Å²) in [7, 11) is 0. The van der Waals surface area contributed by atoms with Crippen molar-refractivity contribution in [2.45, 2.75) is 33.2 Å². The van der Waals surface area contributed by atoms with Gasteiger partial charge in [-0.2, -0.15) is 4.98 Å². The van der Waals surface area contributed by atoms with Gasteiger partial charge in [0.25, 0.3) is 5.56 Å². The molecule has 3 aromatic heterocycles. The highest BCUT2D eigenvalue weighted by Crippen LogP contribution is 2.28. The predicted molar refractivity (Wildman–Crippen MR) is 160 cm³/mol. The first-order valence-electron chi connectivity index (χ1n) is 12.7. The van der Waals surface area contributed by atoms with Gasteiger partial charge in [0.05, 0.1) is 28.3 Å². The molecule has 5 rings (SSSR count). The van der Waals surface area contributed by atoms with Crippen LogP contribution >= 0.6 is 11.3 Å². The van der Waals surface area contributed by atoms with Crippen LogP contribution < -0.4 is 21.9 Å². The Morgan fingerprint density at radius 3 is 2.62 bits per heavy atom. The van der Waals surface area contributed by atoms with Crippen molar-refractivity contribution in [2.75, 3.05) is 16.4 Å². The fraction of sp³-hybridized carbons (Fsp3) is 0.172. The van der Waals surface area contributed by atoms with Gasteiger partial charge in [0.2, 0.25) is 11.9 Å². The molecule has 40 heavy (non-hydrogen) atoms. The fourth-order valence-corrected chi connectivity index (χ4v) is 5.02. The van der Waals surface area contributed by atoms with Crippen molar-refractivity contribution in [1.29, 1.82) is 0 Å². The third-order valence-corrected chi connectivity index (χ3v) is 7.08. The second kappa shape index (κ2) is 11.5. The zero-order chi connectivity index (χ0) is 28.2. The van der Waals surface area contributed by atoms with Gasteiger partial charge < -0.3 is 11.1 Å². The number of nitrogen functional groups attached to an aromatic ring is 1. The third kappa shape index (κ3) is 5.45. The number of carbonyl (C=O) groups excluding carboxylic acids is 1. The number of hydrogen-bond acceptors (Lipinski definition) is 9. The lowest BCUT2D eigenvalue weighted by atomic mass is 10.1. The van der Waals surface area contributed by atoms with Gasteiger partial charge in [-0.3, -0.25) is 19.5 Å². The van der Waals surface area contributed by atoms with Crippen LogP contribution in [0.25, 0.3) is 22.7 Å². The summed E-state index contributed by atoms with van der Waals surface area (Å²) in [5.41, 5.74) is 9.23. The molecule has 1 atom stereocenters. The van der Waals surface area contributed by atoms with E-state index in [4.69, 9.17) is 10.7 Å². The summed E-state index contributed by atoms with van der Waals surface area (Å²) < 4.78 is 1.64. The summed E-state index contributed by atoms with van der Waals surface area (Å²) >= 11 is 1.33. The van der Waals surface area contributed by atoms with Gasteiger partial charge in [0.1, 0.15) is 11.6 Å². The van der Waals surface area contributed by atoms with Crippen LogP contribution in [0.3, 0.4) is 0 Å². The van der Waals surface area contributed by atoms with Crippen LogP contribution in [0.15, 0.2) is 71.0 Å². The van der Waals surface area contributed by atoms with Gasteiger partial charge in [-0.25, -0.2) is 15.0 Å². The minimum absolute atomic E-state index is 0.0850. The average molecular weight is 553 g/mol. The number of aromatic nitrogens is 5. The van der Waals surface area contributed by atoms with Gasteiger partial charge in [0.15, 0.2) is 5.13 Å². The highest BCUT2D eigenvalue weighted by molar-refractivity contribution is 7.13. The minimum atomic E-state index is -0.428. The molecule has 5 aromatic rings. The molecule has 10 nitrogen and oxygen atoms in total. The molecule has 0 saturated carbocycles. The van der Waals surface area contributed by atoms with Crippen molar-refractivity contribution in [1.82, 2.24) is 24.5 Å². The molecular weight excluding hydrogens is 524 g/mol. The predicted octanol–water partition coefficient (Wildman–Crippen LogP) is 5.05. The number of nitrogens with one attached hydrogen (secondary N) is 2. The van der Waals surface area contributed by atoms with Gasteiger partial charge >= 0.3 is 0 Å². The number of hydrogen-bond donors (Lipinski definition) is 3. The van der Waals surface area contributed by atoms with Crippen molar-refractivity contribution < 1.29 is 4.79 Å². The number of nitrogens with zero attached hydrogens (tertiary/aromatic N) is 5. The molecule has 0 saturated heterocycles. The Balaban J connectivity index is 1.59. The molecule has 1 unspecified atom stereocenters. The Hall–Kier alpha value is -4.90. The Labute approximate surface area is 234 Å². The number of rotatable bonds is 8. The second-order valence-corrected chi connectivity index (χ2v) is 10.0. The Morgan fingerprint density at radius 2 is 1.90 bits per heavy atom. The van der Waals surface area contributed by atoms with E-state index in [1.54, 1.807) is 29.1 Å². The second-order valence-electron chi connectivity index (χ2n) is 9.11. The van der Waals surface area contributed by atoms with Crippen LogP contribution in [0.5, 0.6) is 0 Å². The first-order valence-corrected chi connectivity index (χ1v) is 13.6. The number of aryl methyl sites for hydroxylation is 2. The van der Waals surface area contributed by atoms with E-state index < -0.39 is 6.04 Å². The number of nitrogens with two attached hydrogens (primary N) is 1. The minimum Gasteiger partial charge on any atom is -0.368 e. The molecule has 0 aliphatic carbocycles. The fourth-order valence-electron chi connectivity index (χ4n) is 4.49. The van der Waals surface area contributed by atoms with Crippen molar-refractivity contribution in [3.63, 3.8) is 0 Å². The van der Waals surface area contributed by atoms with Crippen LogP contribution in [0, 0.1) is 13.8 Å². The summed E-state index contributed by atoms with van der Waals surface area (Å²) in [6, 6.07) is 14.7. The molecule has 0 aliphatic rings. The first-order chi connectivity index (χ1) is 19.4. The van der Waals surface area contributed by atoms with E-state index >= 15 is 0 Å². The summed E-state index contributed by atoms with van der Waals surface area (Å²) in [6.45, 7) is 5.69. The van der Waals surface area contributed by atoms with E-state index in [9.17, 15) is 9.59 Å². The van der Waals surface area contributed by atoms with E-state index in [2.05, 4.69) is 25.6 Å². The molecule has 0 spiro atoms. The summed E-state index contributed by atoms with van der Waals surface area (Å²) in [5.74, 6) is 0.701. The molecular formula is C29H28N8O2S. The van der Waals surface area contributed by atoms with E-state index in [1.807, 2.05) is 62.4 Å². The average Bonchev–Trinajstić information content (AvgIpc) is 3.44. The lowest BCUT2D eigenvalue weighted by Crippen LogP contribution is -2.29. The topological polar surface area (TPSA) is 141 Å². The highest BCUT2D eigenvalue weighted by atomic mass is 32.1. The monoisotopic (exact) mass is 552 g/mol. The molecule has 0 aliphatic heterocycles.